The summed E-state index contributed by atoms with van der Waals surface area (Å²) in [5.74, 6) is -1.49. The monoisotopic (exact) mass is 552 g/mol. The number of alkyl halides is 2. The molecule has 2 aromatic rings. The Bertz CT molecular complexity index is 1330. The van der Waals surface area contributed by atoms with Crippen LogP contribution in [0.25, 0.3) is 11.3 Å². The molecule has 13 heteroatoms. The highest BCUT2D eigenvalue weighted by molar-refractivity contribution is 7.89. The van der Waals surface area contributed by atoms with Crippen LogP contribution in [-0.2, 0) is 16.4 Å². The number of fused-ring (bicyclic) bond motifs is 3. The average Bonchev–Trinajstić information content (AvgIpc) is 3.12. The van der Waals surface area contributed by atoms with Crippen LogP contribution >= 0.6 is 11.3 Å². The third kappa shape index (κ3) is 5.54. The minimum absolute atomic E-state index is 0.0585. The van der Waals surface area contributed by atoms with Crippen molar-refractivity contribution in [3.63, 3.8) is 0 Å². The number of nitrogens with zero attached hydrogens (tertiary/aromatic N) is 5. The Morgan fingerprint density at radius 3 is 2.78 bits per heavy atom. The minimum Gasteiger partial charge on any atom is -0.492 e. The number of thiazole rings is 1. The van der Waals surface area contributed by atoms with Gasteiger partial charge >= 0.3 is 0 Å². The average molecular weight is 553 g/mol. The van der Waals surface area contributed by atoms with Gasteiger partial charge in [-0.25, -0.2) is 27.2 Å². The lowest BCUT2D eigenvalue weighted by atomic mass is 9.90. The van der Waals surface area contributed by atoms with Gasteiger partial charge in [0.25, 0.3) is 5.92 Å². The number of likely N-dealkylation sites (tertiary alicyclic amines) is 1. The van der Waals surface area contributed by atoms with Crippen molar-refractivity contribution in [2.75, 3.05) is 45.1 Å². The van der Waals surface area contributed by atoms with Crippen LogP contribution < -0.4 is 10.5 Å². The molecule has 2 fully saturated rings. The first kappa shape index (κ1) is 26.1. The fourth-order valence-corrected chi connectivity index (χ4v) is 7.17. The molecule has 1 aromatic carbocycles. The van der Waals surface area contributed by atoms with Crippen molar-refractivity contribution in [1.29, 1.82) is 0 Å². The van der Waals surface area contributed by atoms with Crippen LogP contribution in [0.3, 0.4) is 0 Å². The Morgan fingerprint density at radius 2 is 2.11 bits per heavy atom. The molecule has 0 saturated carbocycles. The molecule has 5 rings (SSSR count). The molecule has 1 aromatic heterocycles. The Kier molecular flexibility index (Phi) is 7.07. The highest BCUT2D eigenvalue weighted by Crippen LogP contribution is 2.40. The number of sulfonamides is 1. The van der Waals surface area contributed by atoms with Crippen LogP contribution in [0.15, 0.2) is 28.2 Å². The molecule has 0 amide bonds. The second-order valence-electron chi connectivity index (χ2n) is 9.87. The fourth-order valence-electron chi connectivity index (χ4n) is 4.65. The van der Waals surface area contributed by atoms with Crippen molar-refractivity contribution in [3.8, 4) is 17.0 Å². The number of amidine groups is 1. The van der Waals surface area contributed by atoms with Gasteiger partial charge < -0.3 is 15.4 Å². The van der Waals surface area contributed by atoms with Gasteiger partial charge in [0.05, 0.1) is 37.5 Å². The molecule has 3 aliphatic rings. The van der Waals surface area contributed by atoms with Crippen LogP contribution in [0.1, 0.15) is 35.2 Å². The summed E-state index contributed by atoms with van der Waals surface area (Å²) < 4.78 is 57.5. The van der Waals surface area contributed by atoms with E-state index in [9.17, 15) is 17.2 Å². The van der Waals surface area contributed by atoms with Gasteiger partial charge in [-0.3, -0.25) is 4.99 Å². The second-order valence-corrected chi connectivity index (χ2v) is 13.0. The van der Waals surface area contributed by atoms with E-state index in [2.05, 4.69) is 16.1 Å². The third-order valence-corrected chi connectivity index (χ3v) is 9.47. The SMILES string of the molecule is CC(C)N=C(N=CN)c1nc2c(s1)CCOc1cc(C3CN(CCS(=O)(=O)N4CC(F)(F)C4)C3)ccc1-2. The number of hydrogen-bond acceptors (Lipinski definition) is 7. The quantitative estimate of drug-likeness (QED) is 0.417. The van der Waals surface area contributed by atoms with Crippen molar-refractivity contribution in [2.45, 2.75) is 38.2 Å². The number of halogens is 2. The Labute approximate surface area is 219 Å². The minimum atomic E-state index is -3.65. The molecule has 0 bridgehead atoms. The molecule has 0 aliphatic carbocycles. The predicted octanol–water partition coefficient (Wildman–Crippen LogP) is 2.57. The third-order valence-electron chi connectivity index (χ3n) is 6.62. The highest BCUT2D eigenvalue weighted by atomic mass is 32.2. The zero-order valence-corrected chi connectivity index (χ0v) is 22.4. The van der Waals surface area contributed by atoms with E-state index in [1.54, 1.807) is 11.3 Å². The number of aromatic nitrogens is 1. The second kappa shape index (κ2) is 10.0. The van der Waals surface area contributed by atoms with E-state index in [0.29, 0.717) is 32.1 Å². The van der Waals surface area contributed by atoms with Gasteiger partial charge in [-0.15, -0.1) is 11.3 Å². The van der Waals surface area contributed by atoms with Crippen LogP contribution in [0.4, 0.5) is 8.78 Å². The molecule has 200 valence electrons. The largest absolute Gasteiger partial charge is 0.492 e. The van der Waals surface area contributed by atoms with Gasteiger partial charge in [0.1, 0.15) is 5.75 Å². The summed E-state index contributed by atoms with van der Waals surface area (Å²) in [7, 11) is -3.65. The lowest BCUT2D eigenvalue weighted by molar-refractivity contribution is -0.0945. The summed E-state index contributed by atoms with van der Waals surface area (Å²) in [6.45, 7) is 4.82. The predicted molar refractivity (Wildman–Crippen MR) is 141 cm³/mol. The van der Waals surface area contributed by atoms with Gasteiger partial charge in [0.2, 0.25) is 10.0 Å². The van der Waals surface area contributed by atoms with Gasteiger partial charge in [-0.1, -0.05) is 6.07 Å². The Morgan fingerprint density at radius 1 is 1.35 bits per heavy atom. The van der Waals surface area contributed by atoms with E-state index >= 15 is 0 Å². The normalized spacial score (nSPS) is 20.7. The molecule has 0 unspecified atom stereocenters. The van der Waals surface area contributed by atoms with Gasteiger partial charge in [0, 0.05) is 48.5 Å². The zero-order chi connectivity index (χ0) is 26.4. The molecule has 37 heavy (non-hydrogen) atoms. The molecule has 3 aliphatic heterocycles. The molecule has 4 heterocycles. The van der Waals surface area contributed by atoms with E-state index < -0.39 is 29.0 Å². The van der Waals surface area contributed by atoms with Crippen LogP contribution in [0.2, 0.25) is 0 Å². The van der Waals surface area contributed by atoms with E-state index in [1.165, 1.54) is 6.34 Å². The van der Waals surface area contributed by atoms with Crippen molar-refractivity contribution in [2.24, 2.45) is 15.7 Å². The van der Waals surface area contributed by atoms with Crippen LogP contribution in [-0.4, -0.2) is 91.8 Å². The van der Waals surface area contributed by atoms with Crippen molar-refractivity contribution in [1.82, 2.24) is 14.2 Å². The van der Waals surface area contributed by atoms with Gasteiger partial charge in [-0.2, -0.15) is 4.31 Å². The van der Waals surface area contributed by atoms with Crippen molar-refractivity contribution in [3.05, 3.63) is 33.6 Å². The molecule has 0 radical (unpaired) electrons. The maximum absolute atomic E-state index is 13.0. The van der Waals surface area contributed by atoms with Gasteiger partial charge in [-0.05, 0) is 31.5 Å². The van der Waals surface area contributed by atoms with E-state index in [0.717, 1.165) is 43.2 Å². The first-order chi connectivity index (χ1) is 17.5. The maximum Gasteiger partial charge on any atom is 0.275 e. The van der Waals surface area contributed by atoms with Crippen molar-refractivity contribution < 1.29 is 21.9 Å². The number of aliphatic imine (C=N–C) groups is 2. The molecule has 0 spiro atoms. The Balaban J connectivity index is 1.25. The first-order valence-corrected chi connectivity index (χ1v) is 14.6. The molecule has 2 saturated heterocycles. The topological polar surface area (TPSA) is 113 Å². The number of nitrogens with two attached hydrogens (primary N) is 1. The summed E-state index contributed by atoms with van der Waals surface area (Å²) in [6.07, 6.45) is 1.96. The number of benzene rings is 1. The molecule has 2 N–H and O–H groups in total. The first-order valence-electron chi connectivity index (χ1n) is 12.2. The smallest absolute Gasteiger partial charge is 0.275 e. The van der Waals surface area contributed by atoms with Crippen LogP contribution in [0, 0.1) is 0 Å². The summed E-state index contributed by atoms with van der Waals surface area (Å²) >= 11 is 1.55. The number of ether oxygens (including phenoxy) is 1. The molecule has 0 atom stereocenters. The van der Waals surface area contributed by atoms with Crippen LogP contribution in [0.5, 0.6) is 5.75 Å². The molecular formula is C24H30F2N6O3S2. The number of rotatable bonds is 7. The van der Waals surface area contributed by atoms with E-state index in [1.807, 2.05) is 30.9 Å². The lowest BCUT2D eigenvalue weighted by Gasteiger charge is -2.41. The Hall–Kier alpha value is -2.48. The summed E-state index contributed by atoms with van der Waals surface area (Å²) in [5.41, 5.74) is 8.45. The summed E-state index contributed by atoms with van der Waals surface area (Å²) in [6, 6.07) is 6.20. The fraction of sp³-hybridized carbons (Fsp3) is 0.542. The maximum atomic E-state index is 13.0. The summed E-state index contributed by atoms with van der Waals surface area (Å²) in [5, 5.41) is 0.726. The van der Waals surface area contributed by atoms with Gasteiger partial charge in [0.15, 0.2) is 10.8 Å². The lowest BCUT2D eigenvalue weighted by Crippen LogP contribution is -2.59. The summed E-state index contributed by atoms with van der Waals surface area (Å²) in [4.78, 5) is 16.8. The van der Waals surface area contributed by atoms with Crippen molar-refractivity contribution >= 4 is 33.5 Å². The molecular weight excluding hydrogens is 522 g/mol. The zero-order valence-electron chi connectivity index (χ0n) is 20.7. The standard InChI is InChI=1S/C24H30F2N6O3S2/c1-15(2)29-22(28-14-27)23-30-21-18-4-3-16(9-19(18)35-7-5-20(21)36-23)17-10-31(11-17)6-8-37(33,34)32-12-24(25,26)13-32/h3-4,9,14-15,17H,5-8,10-13H2,1-2H3,(H2,27,28,29). The van der Waals surface area contributed by atoms with E-state index in [-0.39, 0.29) is 17.7 Å². The highest BCUT2D eigenvalue weighted by Gasteiger charge is 2.49. The van der Waals surface area contributed by atoms with E-state index in [4.69, 9.17) is 15.5 Å². The molecule has 9 nitrogen and oxygen atoms in total. The number of hydrogen-bond donors (Lipinski definition) is 1.